The fourth-order valence-electron chi connectivity index (χ4n) is 7.76. The first-order valence-corrected chi connectivity index (χ1v) is 28.0. The Hall–Kier alpha value is -4.20. The normalized spacial score (nSPS) is 20.5. The highest BCUT2D eigenvalue weighted by molar-refractivity contribution is 5.80. The summed E-state index contributed by atoms with van der Waals surface area (Å²) >= 11 is 0. The highest BCUT2D eigenvalue weighted by Crippen LogP contribution is 2.26. The summed E-state index contributed by atoms with van der Waals surface area (Å²) in [6, 6.07) is -1.07. The molecule has 73 heavy (non-hydrogen) atoms. The van der Waals surface area contributed by atoms with E-state index in [4.69, 9.17) is 14.2 Å². The number of nitrogens with one attached hydrogen (secondary N) is 1. The number of ether oxygens (including phenoxy) is 3. The fourth-order valence-corrected chi connectivity index (χ4v) is 7.76. The zero-order chi connectivity index (χ0) is 53.3. The molecular weight excluding hydrogens is 919 g/mol. The van der Waals surface area contributed by atoms with Crippen LogP contribution in [0, 0.1) is 0 Å². The fraction of sp³-hybridized carbons (Fsp3) is 0.613. The minimum absolute atomic E-state index is 0.0313. The van der Waals surface area contributed by atoms with E-state index >= 15 is 0 Å². The maximum Gasteiger partial charge on any atom is 0.306 e. The van der Waals surface area contributed by atoms with Gasteiger partial charge in [0, 0.05) is 6.42 Å². The Morgan fingerprint density at radius 2 is 1.05 bits per heavy atom. The van der Waals surface area contributed by atoms with Crippen molar-refractivity contribution in [2.75, 3.05) is 13.2 Å². The average Bonchev–Trinajstić information content (AvgIpc) is 3.39. The molecule has 11 heteroatoms. The van der Waals surface area contributed by atoms with E-state index < -0.39 is 67.4 Å². The molecule has 1 saturated heterocycles. The lowest BCUT2D eigenvalue weighted by molar-refractivity contribution is -0.305. The minimum atomic E-state index is -1.65. The van der Waals surface area contributed by atoms with Crippen LogP contribution < -0.4 is 5.32 Å². The topological polar surface area (TPSA) is 175 Å². The van der Waals surface area contributed by atoms with Gasteiger partial charge in [-0.25, -0.2) is 0 Å². The standard InChI is InChI=1S/C62H99NO10/c1-4-7-10-13-16-19-22-25-27-28-29-32-35-38-41-44-47-50-57(67)73-60-59(69)58(68)56(51-64)72-62(60)71-52-53(54(65)48-45-42-39-36-33-30-24-21-18-15-12-9-6-3)63-61(70)55(66)49-46-43-40-37-34-31-26-23-20-17-14-11-8-5-2/h7-8,10-11,14,16-17,19-20,23,25-27,29,31-32,34,37-38,41,45,48,53-56,58-60,62,64-66,68-69H,4-6,9,12-13,15,18,21-22,24,28,30,33,35-36,39-40,42-44,46-47,49-52H2,1-3H3,(H,63,70)/b10-7-,11-8+,17-14+,19-16-,23-20-,27-25-,31-26-,32-29-,37-34+,41-38-,48-45+. The van der Waals surface area contributed by atoms with Crippen LogP contribution in [0.3, 0.4) is 0 Å². The molecule has 0 aromatic carbocycles. The van der Waals surface area contributed by atoms with Crippen molar-refractivity contribution in [3.05, 3.63) is 134 Å². The Morgan fingerprint density at radius 1 is 0.562 bits per heavy atom. The van der Waals surface area contributed by atoms with Crippen LogP contribution >= 0.6 is 0 Å². The van der Waals surface area contributed by atoms with Crippen LogP contribution in [0.25, 0.3) is 0 Å². The third-order valence-electron chi connectivity index (χ3n) is 12.2. The number of hydrogen-bond acceptors (Lipinski definition) is 10. The van der Waals surface area contributed by atoms with Crippen LogP contribution in [0.1, 0.15) is 181 Å². The maximum atomic E-state index is 13.4. The highest BCUT2D eigenvalue weighted by atomic mass is 16.7. The van der Waals surface area contributed by atoms with E-state index in [1.807, 2.05) is 72.9 Å². The number of hydrogen-bond donors (Lipinski definition) is 6. The Kier molecular flexibility index (Phi) is 44.6. The van der Waals surface area contributed by atoms with Gasteiger partial charge in [-0.15, -0.1) is 0 Å². The molecule has 8 atom stereocenters. The van der Waals surface area contributed by atoms with Crippen molar-refractivity contribution in [3.8, 4) is 0 Å². The molecule has 0 bridgehead atoms. The quantitative estimate of drug-likeness (QED) is 0.0149. The Balaban J connectivity index is 2.83. The van der Waals surface area contributed by atoms with Crippen molar-refractivity contribution >= 4 is 11.9 Å². The Morgan fingerprint density at radius 3 is 1.63 bits per heavy atom. The molecule has 1 fully saturated rings. The summed E-state index contributed by atoms with van der Waals surface area (Å²) in [5.41, 5.74) is 0. The molecule has 0 saturated carbocycles. The van der Waals surface area contributed by atoms with Gasteiger partial charge in [0.2, 0.25) is 5.91 Å². The third kappa shape index (κ3) is 37.2. The number of rotatable bonds is 44. The van der Waals surface area contributed by atoms with E-state index in [9.17, 15) is 35.1 Å². The zero-order valence-corrected chi connectivity index (χ0v) is 45.2. The monoisotopic (exact) mass is 1020 g/mol. The number of aliphatic hydroxyl groups excluding tert-OH is 5. The van der Waals surface area contributed by atoms with Gasteiger partial charge in [0.25, 0.3) is 0 Å². The van der Waals surface area contributed by atoms with Gasteiger partial charge in [0.05, 0.1) is 25.4 Å². The molecule has 1 rings (SSSR count). The summed E-state index contributed by atoms with van der Waals surface area (Å²) in [6.07, 6.45) is 57.8. The van der Waals surface area contributed by atoms with E-state index in [0.717, 1.165) is 77.0 Å². The highest BCUT2D eigenvalue weighted by Gasteiger charge is 2.47. The summed E-state index contributed by atoms with van der Waals surface area (Å²) < 4.78 is 17.5. The second kappa shape index (κ2) is 48.7. The number of carbonyl (C=O) groups excluding carboxylic acids is 2. The summed E-state index contributed by atoms with van der Waals surface area (Å²) in [5, 5.41) is 56.7. The molecular formula is C62H99NO10. The van der Waals surface area contributed by atoms with Gasteiger partial charge in [-0.2, -0.15) is 0 Å². The molecule has 412 valence electrons. The molecule has 8 unspecified atom stereocenters. The molecule has 0 aromatic rings. The number of esters is 1. The van der Waals surface area contributed by atoms with Crippen molar-refractivity contribution in [2.24, 2.45) is 0 Å². The van der Waals surface area contributed by atoms with Crippen LogP contribution in [0.5, 0.6) is 0 Å². The van der Waals surface area contributed by atoms with Crippen molar-refractivity contribution in [1.82, 2.24) is 5.32 Å². The molecule has 0 radical (unpaired) electrons. The molecule has 0 spiro atoms. The van der Waals surface area contributed by atoms with Crippen molar-refractivity contribution in [1.29, 1.82) is 0 Å². The predicted molar refractivity (Wildman–Crippen MR) is 301 cm³/mol. The van der Waals surface area contributed by atoms with E-state index in [-0.39, 0.29) is 19.4 Å². The van der Waals surface area contributed by atoms with Crippen LogP contribution in [0.15, 0.2) is 134 Å². The molecule has 1 aliphatic rings. The zero-order valence-electron chi connectivity index (χ0n) is 45.2. The molecule has 1 heterocycles. The van der Waals surface area contributed by atoms with Crippen molar-refractivity contribution < 1.29 is 49.3 Å². The van der Waals surface area contributed by atoms with Gasteiger partial charge >= 0.3 is 5.97 Å². The van der Waals surface area contributed by atoms with Crippen LogP contribution in [0.2, 0.25) is 0 Å². The molecule has 1 aliphatic heterocycles. The lowest BCUT2D eigenvalue weighted by Crippen LogP contribution is -2.61. The van der Waals surface area contributed by atoms with Gasteiger partial charge in [0.1, 0.15) is 24.4 Å². The molecule has 0 aliphatic carbocycles. The molecule has 6 N–H and O–H groups in total. The Labute approximate surface area is 442 Å². The predicted octanol–water partition coefficient (Wildman–Crippen LogP) is 12.5. The van der Waals surface area contributed by atoms with Crippen molar-refractivity contribution in [2.45, 2.75) is 230 Å². The van der Waals surface area contributed by atoms with Gasteiger partial charge in [-0.3, -0.25) is 9.59 Å². The van der Waals surface area contributed by atoms with E-state index in [2.05, 4.69) is 80.8 Å². The average molecular weight is 1020 g/mol. The first kappa shape index (κ1) is 66.8. The smallest absolute Gasteiger partial charge is 0.306 e. The van der Waals surface area contributed by atoms with Crippen LogP contribution in [0.4, 0.5) is 0 Å². The number of allylic oxidation sites excluding steroid dienone is 21. The minimum Gasteiger partial charge on any atom is -0.454 e. The lowest BCUT2D eigenvalue weighted by Gasteiger charge is -2.41. The van der Waals surface area contributed by atoms with E-state index in [1.165, 1.54) is 51.4 Å². The number of amides is 1. The maximum absolute atomic E-state index is 13.4. The second-order valence-corrected chi connectivity index (χ2v) is 18.7. The van der Waals surface area contributed by atoms with Gasteiger partial charge in [0.15, 0.2) is 12.4 Å². The summed E-state index contributed by atoms with van der Waals surface area (Å²) in [6.45, 7) is 5.43. The number of carbonyl (C=O) groups is 2. The lowest BCUT2D eigenvalue weighted by atomic mass is 9.99. The molecule has 11 nitrogen and oxygen atoms in total. The molecule has 0 aromatic heterocycles. The second-order valence-electron chi connectivity index (χ2n) is 18.7. The summed E-state index contributed by atoms with van der Waals surface area (Å²) in [4.78, 5) is 26.4. The first-order chi connectivity index (χ1) is 35.7. The van der Waals surface area contributed by atoms with Gasteiger partial charge < -0.3 is 45.1 Å². The first-order valence-electron chi connectivity index (χ1n) is 28.0. The van der Waals surface area contributed by atoms with Crippen LogP contribution in [-0.4, -0.2) is 99.6 Å². The summed E-state index contributed by atoms with van der Waals surface area (Å²) in [7, 11) is 0. The van der Waals surface area contributed by atoms with Gasteiger partial charge in [-0.1, -0.05) is 225 Å². The van der Waals surface area contributed by atoms with Crippen molar-refractivity contribution in [3.63, 3.8) is 0 Å². The van der Waals surface area contributed by atoms with E-state index in [0.29, 0.717) is 19.3 Å². The summed E-state index contributed by atoms with van der Waals surface area (Å²) in [5.74, 6) is -1.32. The largest absolute Gasteiger partial charge is 0.454 e. The Bertz CT molecular complexity index is 1690. The van der Waals surface area contributed by atoms with Gasteiger partial charge in [-0.05, 0) is 83.5 Å². The van der Waals surface area contributed by atoms with Crippen LogP contribution in [-0.2, 0) is 23.8 Å². The number of unbranched alkanes of at least 4 members (excludes halogenated alkanes) is 14. The molecule has 1 amide bonds. The number of aliphatic hydroxyl groups is 5. The third-order valence-corrected chi connectivity index (χ3v) is 12.2. The SMILES string of the molecule is CC/C=C\C/C=C\C/C=C\C/C=C\C/C=C\CCCC(=O)OC1C(OCC(NC(=O)C(O)CCCC/C=C/C=C\C=C/C=C/C=C/CC)C(O)/C=C/CCCCCCCCCCCCC)OC(CO)C(O)C1O. The van der Waals surface area contributed by atoms with E-state index in [1.54, 1.807) is 6.08 Å².